The summed E-state index contributed by atoms with van der Waals surface area (Å²) in [6.45, 7) is 24.0. The van der Waals surface area contributed by atoms with Crippen LogP contribution >= 0.6 is 0 Å². The van der Waals surface area contributed by atoms with Crippen LogP contribution in [0.1, 0.15) is 102 Å². The molecule has 2 unspecified atom stereocenters. The summed E-state index contributed by atoms with van der Waals surface area (Å²) in [7, 11) is 0. The molecule has 4 aromatic carbocycles. The SMILES string of the molecule is C=c1cc2c(c(C3=CC=CC3)c1C(C)(C)C)=[C]([Zr+2]([CH](C)c1ccccc1)[CH](C)c1ccccc1)c1cc(C(C)(C)C)ccc1-2.[Cl-].[Cl-]. The van der Waals surface area contributed by atoms with Gasteiger partial charge in [0.25, 0.3) is 0 Å². The molecule has 0 radical (unpaired) electrons. The third-order valence-corrected chi connectivity index (χ3v) is 18.7. The minimum Gasteiger partial charge on any atom is -1.00 e. The molecule has 0 fully saturated rings. The van der Waals surface area contributed by atoms with Gasteiger partial charge in [0.15, 0.2) is 0 Å². The van der Waals surface area contributed by atoms with E-state index in [1.807, 2.05) is 0 Å². The molecule has 2 aliphatic carbocycles. The Hall–Kier alpha value is -2.44. The van der Waals surface area contributed by atoms with Gasteiger partial charge in [0.2, 0.25) is 0 Å². The fourth-order valence-corrected chi connectivity index (χ4v) is 16.9. The van der Waals surface area contributed by atoms with E-state index in [1.165, 1.54) is 60.5 Å². The Morgan fingerprint density at radius 2 is 1.24 bits per heavy atom. The van der Waals surface area contributed by atoms with E-state index in [4.69, 9.17) is 6.58 Å². The zero-order valence-corrected chi connectivity index (χ0v) is 32.6. The molecule has 0 saturated carbocycles. The van der Waals surface area contributed by atoms with Crippen LogP contribution in [0.25, 0.3) is 26.6 Å². The molecule has 3 heteroatoms. The van der Waals surface area contributed by atoms with Gasteiger partial charge in [-0.2, -0.15) is 0 Å². The first-order valence-corrected chi connectivity index (χ1v) is 20.3. The van der Waals surface area contributed by atoms with E-state index >= 15 is 0 Å². The molecule has 4 aromatic rings. The summed E-state index contributed by atoms with van der Waals surface area (Å²) >= 11 is -2.64. The molecule has 0 spiro atoms. The Bertz CT molecular complexity index is 1840. The average Bonchev–Trinajstić information content (AvgIpc) is 3.63. The van der Waals surface area contributed by atoms with Gasteiger partial charge in [-0.25, -0.2) is 0 Å². The quantitative estimate of drug-likeness (QED) is 0.278. The Balaban J connectivity index is 0.00000240. The molecule has 2 aliphatic rings. The monoisotopic (exact) mass is 723 g/mol. The van der Waals surface area contributed by atoms with E-state index in [1.54, 1.807) is 3.28 Å². The third kappa shape index (κ3) is 6.63. The van der Waals surface area contributed by atoms with Crippen molar-refractivity contribution < 1.29 is 46.6 Å². The van der Waals surface area contributed by atoms with Gasteiger partial charge in [-0.15, -0.1) is 0 Å². The predicted molar refractivity (Wildman–Crippen MR) is 188 cm³/mol. The maximum absolute atomic E-state index is 4.72. The van der Waals surface area contributed by atoms with Gasteiger partial charge in [-0.3, -0.25) is 0 Å². The molecule has 0 heterocycles. The Labute approximate surface area is 297 Å². The summed E-state index contributed by atoms with van der Waals surface area (Å²) < 4.78 is 2.70. The maximum Gasteiger partial charge on any atom is -1.00 e. The second-order valence-corrected chi connectivity index (χ2v) is 22.6. The van der Waals surface area contributed by atoms with Crippen LogP contribution in [0.5, 0.6) is 0 Å². The molecule has 0 amide bonds. The van der Waals surface area contributed by atoms with Crippen molar-refractivity contribution in [2.75, 3.05) is 0 Å². The summed E-state index contributed by atoms with van der Waals surface area (Å²) in [5.74, 6) is 0. The zero-order chi connectivity index (χ0) is 31.4. The first-order chi connectivity index (χ1) is 20.9. The molecule has 0 aromatic heterocycles. The van der Waals surface area contributed by atoms with Crippen molar-refractivity contribution in [3.8, 4) is 11.1 Å². The van der Waals surface area contributed by atoms with E-state index in [0.29, 0.717) is 7.25 Å². The molecule has 2 atom stereocenters. The van der Waals surface area contributed by atoms with Gasteiger partial charge >= 0.3 is 275 Å². The van der Waals surface area contributed by atoms with Crippen molar-refractivity contribution in [1.82, 2.24) is 0 Å². The number of allylic oxidation sites excluding steroid dienone is 4. The number of benzene rings is 4. The van der Waals surface area contributed by atoms with Gasteiger partial charge in [-0.05, 0) is 0 Å². The van der Waals surface area contributed by atoms with Crippen LogP contribution in [0.15, 0.2) is 103 Å². The van der Waals surface area contributed by atoms with Crippen molar-refractivity contribution in [1.29, 1.82) is 0 Å². The summed E-state index contributed by atoms with van der Waals surface area (Å²) in [5, 5.41) is 2.70. The molecule has 0 saturated heterocycles. The summed E-state index contributed by atoms with van der Waals surface area (Å²) in [6, 6.07) is 32.5. The molecular formula is C43H47Cl2Zr. The van der Waals surface area contributed by atoms with Crippen molar-refractivity contribution in [2.45, 2.75) is 79.9 Å². The van der Waals surface area contributed by atoms with E-state index in [-0.39, 0.29) is 35.6 Å². The van der Waals surface area contributed by atoms with E-state index < -0.39 is 21.8 Å². The first-order valence-electron chi connectivity index (χ1n) is 16.3. The average molecular weight is 726 g/mol. The molecule has 6 rings (SSSR count). The Morgan fingerprint density at radius 3 is 1.72 bits per heavy atom. The topological polar surface area (TPSA) is 0 Å². The van der Waals surface area contributed by atoms with Gasteiger partial charge in [0.1, 0.15) is 0 Å². The number of fused-ring (bicyclic) bond motifs is 3. The molecule has 0 bridgehead atoms. The van der Waals surface area contributed by atoms with Crippen LogP contribution < -0.4 is 35.3 Å². The number of halogens is 2. The number of hydrogen-bond donors (Lipinski definition) is 0. The van der Waals surface area contributed by atoms with Crippen molar-refractivity contribution in [3.63, 3.8) is 0 Å². The second kappa shape index (κ2) is 14.0. The van der Waals surface area contributed by atoms with E-state index in [0.717, 1.165) is 6.42 Å². The first kappa shape index (κ1) is 36.4. The minimum atomic E-state index is -2.64. The normalized spacial score (nSPS) is 14.9. The summed E-state index contributed by atoms with van der Waals surface area (Å²) in [6.07, 6.45) is 7.93. The fourth-order valence-electron chi connectivity index (χ4n) is 7.56. The molecule has 0 N–H and O–H groups in total. The molecule has 46 heavy (non-hydrogen) atoms. The smallest absolute Gasteiger partial charge is 1.00 e. The van der Waals surface area contributed by atoms with Crippen molar-refractivity contribution in [2.24, 2.45) is 0 Å². The Morgan fingerprint density at radius 1 is 0.674 bits per heavy atom. The van der Waals surface area contributed by atoms with Gasteiger partial charge < -0.3 is 24.8 Å². The van der Waals surface area contributed by atoms with Crippen LogP contribution in [0.2, 0.25) is 0 Å². The van der Waals surface area contributed by atoms with E-state index in [2.05, 4.69) is 159 Å². The summed E-state index contributed by atoms with van der Waals surface area (Å²) in [4.78, 5) is 0. The van der Waals surface area contributed by atoms with Crippen LogP contribution in [0.4, 0.5) is 0 Å². The van der Waals surface area contributed by atoms with Gasteiger partial charge in [0, 0.05) is 0 Å². The second-order valence-electron chi connectivity index (χ2n) is 14.9. The van der Waals surface area contributed by atoms with Crippen LogP contribution in [0, 0.1) is 0 Å². The van der Waals surface area contributed by atoms with Crippen molar-refractivity contribution >= 4 is 15.4 Å². The number of rotatable bonds is 6. The molecule has 237 valence electrons. The minimum absolute atomic E-state index is 0. The number of hydrogen-bond acceptors (Lipinski definition) is 0. The maximum atomic E-state index is 4.72. The van der Waals surface area contributed by atoms with Crippen LogP contribution in [-0.4, -0.2) is 0 Å². The van der Waals surface area contributed by atoms with Gasteiger partial charge in [0.05, 0.1) is 0 Å². The molecular weight excluding hydrogens is 679 g/mol. The predicted octanol–water partition coefficient (Wildman–Crippen LogP) is 4.32. The molecule has 0 nitrogen and oxygen atoms in total. The van der Waals surface area contributed by atoms with Crippen molar-refractivity contribution in [3.05, 3.63) is 147 Å². The standard InChI is InChI=1S/C27H29.2C8H9.2ClH.Zr/c1-17-14-22-21-13-12-20(26(2,3)4)15-19(21)16-23(22)24(18-10-8-9-11-18)25(17)27(5,6)7;2*1-2-8-6-4-3-5-7-8;;;/h8-10,12-15H,1,11H2,2-7H3;2*2-7H,1H3;2*1H;/q;;;;;+2/p-2. The Kier molecular flexibility index (Phi) is 11.0. The zero-order valence-electron chi connectivity index (χ0n) is 28.6. The van der Waals surface area contributed by atoms with E-state index in [9.17, 15) is 0 Å². The van der Waals surface area contributed by atoms with Gasteiger partial charge in [-0.1, -0.05) is 0 Å². The fraction of sp³-hybridized carbons (Fsp3) is 0.302. The molecule has 0 aliphatic heterocycles. The largest absolute Gasteiger partial charge is 1.00 e. The van der Waals surface area contributed by atoms with Crippen LogP contribution in [0.3, 0.4) is 0 Å². The van der Waals surface area contributed by atoms with Crippen LogP contribution in [-0.2, 0) is 32.6 Å². The summed E-state index contributed by atoms with van der Waals surface area (Å²) in [5.41, 5.74) is 13.0. The third-order valence-electron chi connectivity index (χ3n) is 9.77.